The molecular formula is C13H18FN3O. The Morgan fingerprint density at radius 3 is 2.72 bits per heavy atom. The third-order valence-electron chi connectivity index (χ3n) is 3.88. The molecule has 0 amide bonds. The SMILES string of the molecule is Cc1nc(N2C[C@@H](O)[C@H](F)C2)nc2c1CCCC2. The maximum absolute atomic E-state index is 13.3. The van der Waals surface area contributed by atoms with Gasteiger partial charge in [0.2, 0.25) is 5.95 Å². The number of aryl methyl sites for hydroxylation is 2. The van der Waals surface area contributed by atoms with Crippen LogP contribution in [0, 0.1) is 6.92 Å². The minimum absolute atomic E-state index is 0.194. The lowest BCUT2D eigenvalue weighted by Crippen LogP contribution is -2.25. The number of fused-ring (bicyclic) bond motifs is 1. The van der Waals surface area contributed by atoms with Crippen molar-refractivity contribution < 1.29 is 9.50 Å². The molecule has 1 aliphatic carbocycles. The second kappa shape index (κ2) is 4.46. The smallest absolute Gasteiger partial charge is 0.225 e. The number of aromatic nitrogens is 2. The molecule has 5 heteroatoms. The third-order valence-corrected chi connectivity index (χ3v) is 3.88. The molecule has 0 bridgehead atoms. The van der Waals surface area contributed by atoms with Crippen molar-refractivity contribution >= 4 is 5.95 Å². The van der Waals surface area contributed by atoms with Crippen molar-refractivity contribution in [2.24, 2.45) is 0 Å². The standard InChI is InChI=1S/C13H18FN3O/c1-8-9-4-2-3-5-11(9)16-13(15-8)17-6-10(14)12(18)7-17/h10,12,18H,2-7H2,1H3/t10-,12-/m1/s1. The molecule has 2 atom stereocenters. The molecule has 2 heterocycles. The summed E-state index contributed by atoms with van der Waals surface area (Å²) in [6.45, 7) is 2.48. The Balaban J connectivity index is 1.92. The van der Waals surface area contributed by atoms with Gasteiger partial charge in [-0.3, -0.25) is 0 Å². The van der Waals surface area contributed by atoms with Crippen molar-refractivity contribution in [3.63, 3.8) is 0 Å². The summed E-state index contributed by atoms with van der Waals surface area (Å²) in [6, 6.07) is 0. The topological polar surface area (TPSA) is 49.2 Å². The van der Waals surface area contributed by atoms with Gasteiger partial charge in [0.25, 0.3) is 0 Å². The highest BCUT2D eigenvalue weighted by Gasteiger charge is 2.33. The zero-order chi connectivity index (χ0) is 12.7. The van der Waals surface area contributed by atoms with Crippen molar-refractivity contribution in [2.75, 3.05) is 18.0 Å². The Labute approximate surface area is 106 Å². The van der Waals surface area contributed by atoms with E-state index < -0.39 is 12.3 Å². The van der Waals surface area contributed by atoms with Gasteiger partial charge in [-0.2, -0.15) is 0 Å². The van der Waals surface area contributed by atoms with E-state index in [1.54, 1.807) is 4.90 Å². The van der Waals surface area contributed by atoms with Gasteiger partial charge >= 0.3 is 0 Å². The fourth-order valence-corrected chi connectivity index (χ4v) is 2.82. The van der Waals surface area contributed by atoms with E-state index >= 15 is 0 Å². The average Bonchev–Trinajstić information content (AvgIpc) is 2.70. The van der Waals surface area contributed by atoms with Gasteiger partial charge in [-0.05, 0) is 38.2 Å². The van der Waals surface area contributed by atoms with E-state index in [1.807, 2.05) is 6.92 Å². The molecule has 0 unspecified atom stereocenters. The third kappa shape index (κ3) is 1.96. The molecule has 3 rings (SSSR count). The highest BCUT2D eigenvalue weighted by atomic mass is 19.1. The number of β-amino-alcohol motifs (C(OH)–C–C–N with tert-alkyl or cyclic N) is 1. The molecule has 18 heavy (non-hydrogen) atoms. The zero-order valence-electron chi connectivity index (χ0n) is 10.6. The molecule has 1 saturated heterocycles. The van der Waals surface area contributed by atoms with Crippen molar-refractivity contribution in [3.8, 4) is 0 Å². The van der Waals surface area contributed by atoms with Gasteiger partial charge in [-0.1, -0.05) is 0 Å². The van der Waals surface area contributed by atoms with E-state index in [9.17, 15) is 9.50 Å². The van der Waals surface area contributed by atoms with E-state index in [2.05, 4.69) is 9.97 Å². The molecule has 0 aromatic carbocycles. The van der Waals surface area contributed by atoms with Crippen LogP contribution in [0.25, 0.3) is 0 Å². The molecule has 1 N–H and O–H groups in total. The van der Waals surface area contributed by atoms with Gasteiger partial charge in [-0.25, -0.2) is 14.4 Å². The van der Waals surface area contributed by atoms with Gasteiger partial charge in [-0.15, -0.1) is 0 Å². The number of rotatable bonds is 1. The predicted octanol–water partition coefficient (Wildman–Crippen LogP) is 1.18. The molecule has 1 aliphatic heterocycles. The number of nitrogens with zero attached hydrogens (tertiary/aromatic N) is 3. The summed E-state index contributed by atoms with van der Waals surface area (Å²) in [5.41, 5.74) is 3.38. The minimum atomic E-state index is -1.19. The van der Waals surface area contributed by atoms with Gasteiger partial charge < -0.3 is 10.0 Å². The van der Waals surface area contributed by atoms with Gasteiger partial charge in [0.15, 0.2) is 0 Å². The molecule has 1 aromatic heterocycles. The van der Waals surface area contributed by atoms with Crippen LogP contribution in [0.1, 0.15) is 29.8 Å². The van der Waals surface area contributed by atoms with E-state index in [1.165, 1.54) is 12.0 Å². The maximum Gasteiger partial charge on any atom is 0.225 e. The number of anilines is 1. The van der Waals surface area contributed by atoms with Crippen LogP contribution in [0.3, 0.4) is 0 Å². The first-order valence-corrected chi connectivity index (χ1v) is 6.58. The first kappa shape index (κ1) is 11.8. The number of hydrogen-bond donors (Lipinski definition) is 1. The van der Waals surface area contributed by atoms with E-state index in [4.69, 9.17) is 0 Å². The first-order valence-electron chi connectivity index (χ1n) is 6.58. The molecular weight excluding hydrogens is 233 g/mol. The van der Waals surface area contributed by atoms with Crippen LogP contribution in [-0.2, 0) is 12.8 Å². The molecule has 0 spiro atoms. The molecule has 0 radical (unpaired) electrons. The highest BCUT2D eigenvalue weighted by molar-refractivity contribution is 5.39. The first-order chi connectivity index (χ1) is 8.65. The number of aliphatic hydroxyl groups excluding tert-OH is 1. The number of aliphatic hydroxyl groups is 1. The monoisotopic (exact) mass is 251 g/mol. The van der Waals surface area contributed by atoms with Gasteiger partial charge in [0, 0.05) is 17.9 Å². The van der Waals surface area contributed by atoms with Crippen molar-refractivity contribution in [1.29, 1.82) is 0 Å². The van der Waals surface area contributed by atoms with E-state index in [0.29, 0.717) is 12.5 Å². The second-order valence-electron chi connectivity index (χ2n) is 5.23. The van der Waals surface area contributed by atoms with Crippen LogP contribution in [0.2, 0.25) is 0 Å². The summed E-state index contributed by atoms with van der Waals surface area (Å²) < 4.78 is 13.3. The molecule has 1 fully saturated rings. The zero-order valence-corrected chi connectivity index (χ0v) is 10.6. The Kier molecular flexibility index (Phi) is 2.93. The van der Waals surface area contributed by atoms with Crippen LogP contribution in [0.4, 0.5) is 10.3 Å². The largest absolute Gasteiger partial charge is 0.388 e. The van der Waals surface area contributed by atoms with Crippen LogP contribution in [0.5, 0.6) is 0 Å². The van der Waals surface area contributed by atoms with Gasteiger partial charge in [0.05, 0.1) is 6.54 Å². The van der Waals surface area contributed by atoms with Crippen molar-refractivity contribution in [3.05, 3.63) is 17.0 Å². The summed E-state index contributed by atoms with van der Waals surface area (Å²) in [4.78, 5) is 10.8. The molecule has 0 saturated carbocycles. The molecule has 2 aliphatic rings. The summed E-state index contributed by atoms with van der Waals surface area (Å²) >= 11 is 0. The number of halogens is 1. The number of hydrogen-bond acceptors (Lipinski definition) is 4. The number of alkyl halides is 1. The molecule has 98 valence electrons. The Hall–Kier alpha value is -1.23. The minimum Gasteiger partial charge on any atom is -0.388 e. The lowest BCUT2D eigenvalue weighted by atomic mass is 9.95. The summed E-state index contributed by atoms with van der Waals surface area (Å²) in [5.74, 6) is 0.576. The normalized spacial score (nSPS) is 27.4. The second-order valence-corrected chi connectivity index (χ2v) is 5.23. The van der Waals surface area contributed by atoms with Gasteiger partial charge in [0.1, 0.15) is 12.3 Å². The van der Waals surface area contributed by atoms with Crippen molar-refractivity contribution in [1.82, 2.24) is 9.97 Å². The fourth-order valence-electron chi connectivity index (χ4n) is 2.82. The lowest BCUT2D eigenvalue weighted by molar-refractivity contribution is 0.118. The summed E-state index contributed by atoms with van der Waals surface area (Å²) in [7, 11) is 0. The molecule has 4 nitrogen and oxygen atoms in total. The Morgan fingerprint density at radius 2 is 2.00 bits per heavy atom. The fraction of sp³-hybridized carbons (Fsp3) is 0.692. The van der Waals surface area contributed by atoms with E-state index in [0.717, 1.165) is 30.7 Å². The van der Waals surface area contributed by atoms with Crippen molar-refractivity contribution in [2.45, 2.75) is 44.9 Å². The average molecular weight is 251 g/mol. The quantitative estimate of drug-likeness (QED) is 0.814. The van der Waals surface area contributed by atoms with Crippen LogP contribution in [0.15, 0.2) is 0 Å². The lowest BCUT2D eigenvalue weighted by Gasteiger charge is -2.21. The Bertz CT molecular complexity index is 456. The predicted molar refractivity (Wildman–Crippen MR) is 66.5 cm³/mol. The summed E-state index contributed by atoms with van der Waals surface area (Å²) in [6.07, 6.45) is 2.30. The highest BCUT2D eigenvalue weighted by Crippen LogP contribution is 2.26. The van der Waals surface area contributed by atoms with Crippen LogP contribution < -0.4 is 4.90 Å². The molecule has 1 aromatic rings. The van der Waals surface area contributed by atoms with Crippen LogP contribution in [-0.4, -0.2) is 40.4 Å². The summed E-state index contributed by atoms with van der Waals surface area (Å²) in [5, 5.41) is 9.46. The van der Waals surface area contributed by atoms with Crippen LogP contribution >= 0.6 is 0 Å². The van der Waals surface area contributed by atoms with E-state index in [-0.39, 0.29) is 6.54 Å². The Morgan fingerprint density at radius 1 is 1.22 bits per heavy atom. The maximum atomic E-state index is 13.3.